The SMILES string of the molecule is Cc1ccc(Br)c(NC2(CN)CCCCC2C)c1. The Kier molecular flexibility index (Phi) is 4.33. The first kappa shape index (κ1) is 13.9. The fraction of sp³-hybridized carbons (Fsp3) is 0.600. The fourth-order valence-corrected chi connectivity index (χ4v) is 3.30. The van der Waals surface area contributed by atoms with Gasteiger partial charge in [-0.15, -0.1) is 0 Å². The van der Waals surface area contributed by atoms with E-state index in [1.807, 2.05) is 0 Å². The third kappa shape index (κ3) is 2.72. The minimum atomic E-state index is 0.0641. The van der Waals surface area contributed by atoms with Gasteiger partial charge in [-0.2, -0.15) is 0 Å². The largest absolute Gasteiger partial charge is 0.377 e. The summed E-state index contributed by atoms with van der Waals surface area (Å²) in [6.07, 6.45) is 5.05. The van der Waals surface area contributed by atoms with E-state index in [-0.39, 0.29) is 5.54 Å². The summed E-state index contributed by atoms with van der Waals surface area (Å²) in [4.78, 5) is 0. The number of benzene rings is 1. The van der Waals surface area contributed by atoms with Gasteiger partial charge < -0.3 is 11.1 Å². The maximum atomic E-state index is 6.09. The lowest BCUT2D eigenvalue weighted by atomic mass is 9.73. The van der Waals surface area contributed by atoms with Crippen LogP contribution < -0.4 is 11.1 Å². The Hall–Kier alpha value is -0.540. The van der Waals surface area contributed by atoms with Crippen LogP contribution in [0.15, 0.2) is 22.7 Å². The molecule has 1 aliphatic rings. The number of rotatable bonds is 3. The lowest BCUT2D eigenvalue weighted by molar-refractivity contribution is 0.235. The molecule has 3 N–H and O–H groups in total. The molecule has 0 aromatic heterocycles. The first-order chi connectivity index (χ1) is 8.57. The van der Waals surface area contributed by atoms with Gasteiger partial charge in [0.25, 0.3) is 0 Å². The summed E-state index contributed by atoms with van der Waals surface area (Å²) in [5.74, 6) is 0.628. The number of nitrogens with one attached hydrogen (secondary N) is 1. The van der Waals surface area contributed by atoms with Gasteiger partial charge in [0.15, 0.2) is 0 Å². The third-order valence-corrected chi connectivity index (χ3v) is 5.01. The molecule has 1 saturated carbocycles. The highest BCUT2D eigenvalue weighted by atomic mass is 79.9. The van der Waals surface area contributed by atoms with E-state index < -0.39 is 0 Å². The van der Waals surface area contributed by atoms with Gasteiger partial charge in [-0.05, 0) is 59.3 Å². The number of aryl methyl sites for hydroxylation is 1. The molecule has 0 aliphatic heterocycles. The Morgan fingerprint density at radius 2 is 2.22 bits per heavy atom. The van der Waals surface area contributed by atoms with E-state index in [1.54, 1.807) is 0 Å². The molecule has 3 heteroatoms. The van der Waals surface area contributed by atoms with Gasteiger partial charge >= 0.3 is 0 Å². The Morgan fingerprint density at radius 3 is 2.89 bits per heavy atom. The lowest BCUT2D eigenvalue weighted by Gasteiger charge is -2.43. The van der Waals surface area contributed by atoms with Crippen LogP contribution >= 0.6 is 15.9 Å². The van der Waals surface area contributed by atoms with Gasteiger partial charge in [0.05, 0.1) is 5.54 Å². The van der Waals surface area contributed by atoms with Crippen molar-refractivity contribution < 1.29 is 0 Å². The van der Waals surface area contributed by atoms with E-state index in [1.165, 1.54) is 36.9 Å². The zero-order chi connectivity index (χ0) is 13.2. The summed E-state index contributed by atoms with van der Waals surface area (Å²) >= 11 is 3.63. The van der Waals surface area contributed by atoms with Crippen molar-refractivity contribution in [3.63, 3.8) is 0 Å². The predicted molar refractivity (Wildman–Crippen MR) is 81.9 cm³/mol. The second kappa shape index (κ2) is 5.62. The number of halogens is 1. The molecule has 1 aliphatic carbocycles. The second-order valence-corrected chi connectivity index (χ2v) is 6.47. The van der Waals surface area contributed by atoms with E-state index >= 15 is 0 Å². The normalized spacial score (nSPS) is 28.1. The summed E-state index contributed by atoms with van der Waals surface area (Å²) in [6, 6.07) is 6.42. The monoisotopic (exact) mass is 310 g/mol. The van der Waals surface area contributed by atoms with Crippen molar-refractivity contribution in [1.29, 1.82) is 0 Å². The van der Waals surface area contributed by atoms with E-state index in [0.29, 0.717) is 12.5 Å². The van der Waals surface area contributed by atoms with Crippen LogP contribution in [0.25, 0.3) is 0 Å². The van der Waals surface area contributed by atoms with Gasteiger partial charge in [0, 0.05) is 16.7 Å². The highest BCUT2D eigenvalue weighted by molar-refractivity contribution is 9.10. The molecule has 2 unspecified atom stereocenters. The summed E-state index contributed by atoms with van der Waals surface area (Å²) in [6.45, 7) is 5.15. The van der Waals surface area contributed by atoms with E-state index in [4.69, 9.17) is 5.73 Å². The van der Waals surface area contributed by atoms with Crippen LogP contribution in [0.2, 0.25) is 0 Å². The molecular weight excluding hydrogens is 288 g/mol. The smallest absolute Gasteiger partial charge is 0.0521 e. The predicted octanol–water partition coefficient (Wildman–Crippen LogP) is 4.08. The van der Waals surface area contributed by atoms with Crippen LogP contribution in [-0.2, 0) is 0 Å². The minimum Gasteiger partial charge on any atom is -0.377 e. The van der Waals surface area contributed by atoms with Crippen LogP contribution in [0.5, 0.6) is 0 Å². The first-order valence-electron chi connectivity index (χ1n) is 6.82. The summed E-state index contributed by atoms with van der Waals surface area (Å²) < 4.78 is 1.12. The van der Waals surface area contributed by atoms with Crippen molar-refractivity contribution in [2.45, 2.75) is 45.1 Å². The van der Waals surface area contributed by atoms with E-state index in [9.17, 15) is 0 Å². The number of anilines is 1. The zero-order valence-electron chi connectivity index (χ0n) is 11.3. The van der Waals surface area contributed by atoms with Crippen molar-refractivity contribution in [3.8, 4) is 0 Å². The first-order valence-corrected chi connectivity index (χ1v) is 7.61. The maximum absolute atomic E-state index is 6.09. The average molecular weight is 311 g/mol. The van der Waals surface area contributed by atoms with Gasteiger partial charge in [-0.3, -0.25) is 0 Å². The Balaban J connectivity index is 2.26. The molecule has 2 nitrogen and oxygen atoms in total. The third-order valence-electron chi connectivity index (χ3n) is 4.32. The quantitative estimate of drug-likeness (QED) is 0.883. The van der Waals surface area contributed by atoms with Crippen LogP contribution in [0.1, 0.15) is 38.2 Å². The van der Waals surface area contributed by atoms with Crippen molar-refractivity contribution in [1.82, 2.24) is 0 Å². The van der Waals surface area contributed by atoms with Gasteiger partial charge in [-0.1, -0.05) is 25.8 Å². The van der Waals surface area contributed by atoms with Gasteiger partial charge in [0.2, 0.25) is 0 Å². The minimum absolute atomic E-state index is 0.0641. The average Bonchev–Trinajstić information content (AvgIpc) is 2.37. The molecule has 1 aromatic rings. The molecule has 0 amide bonds. The van der Waals surface area contributed by atoms with Crippen molar-refractivity contribution >= 4 is 21.6 Å². The second-order valence-electron chi connectivity index (χ2n) is 5.62. The van der Waals surface area contributed by atoms with Crippen molar-refractivity contribution in [2.75, 3.05) is 11.9 Å². The van der Waals surface area contributed by atoms with E-state index in [2.05, 4.69) is 53.3 Å². The van der Waals surface area contributed by atoms with Crippen molar-refractivity contribution in [2.24, 2.45) is 11.7 Å². The standard InChI is InChI=1S/C15H23BrN2/c1-11-6-7-13(16)14(9-11)18-15(10-17)8-4-3-5-12(15)2/h6-7,9,12,18H,3-5,8,10,17H2,1-2H3. The van der Waals surface area contributed by atoms with Crippen LogP contribution in [-0.4, -0.2) is 12.1 Å². The Bertz CT molecular complexity index is 419. The zero-order valence-corrected chi connectivity index (χ0v) is 12.9. The summed E-state index contributed by atoms with van der Waals surface area (Å²) in [5, 5.41) is 3.73. The molecule has 2 rings (SSSR count). The molecule has 100 valence electrons. The molecule has 1 aromatic carbocycles. The highest BCUT2D eigenvalue weighted by Crippen LogP contribution is 2.37. The van der Waals surface area contributed by atoms with E-state index in [0.717, 1.165) is 4.47 Å². The van der Waals surface area contributed by atoms with Gasteiger partial charge in [0.1, 0.15) is 0 Å². The van der Waals surface area contributed by atoms with Gasteiger partial charge in [-0.25, -0.2) is 0 Å². The Morgan fingerprint density at radius 1 is 1.44 bits per heavy atom. The number of hydrogen-bond acceptors (Lipinski definition) is 2. The molecule has 0 bridgehead atoms. The highest BCUT2D eigenvalue weighted by Gasteiger charge is 2.37. The lowest BCUT2D eigenvalue weighted by Crippen LogP contribution is -2.52. The molecule has 0 spiro atoms. The summed E-state index contributed by atoms with van der Waals surface area (Å²) in [7, 11) is 0. The molecule has 0 heterocycles. The molecule has 2 atom stereocenters. The molecule has 18 heavy (non-hydrogen) atoms. The molecule has 0 radical (unpaired) electrons. The molecule has 1 fully saturated rings. The van der Waals surface area contributed by atoms with Crippen molar-refractivity contribution in [3.05, 3.63) is 28.2 Å². The fourth-order valence-electron chi connectivity index (χ4n) is 2.96. The number of nitrogens with two attached hydrogens (primary N) is 1. The molecule has 0 saturated heterocycles. The number of hydrogen-bond donors (Lipinski definition) is 2. The summed E-state index contributed by atoms with van der Waals surface area (Å²) in [5.41, 5.74) is 8.60. The topological polar surface area (TPSA) is 38.0 Å². The van der Waals surface area contributed by atoms with Crippen LogP contribution in [0.4, 0.5) is 5.69 Å². The van der Waals surface area contributed by atoms with Crippen LogP contribution in [0.3, 0.4) is 0 Å². The Labute approximate surface area is 118 Å². The maximum Gasteiger partial charge on any atom is 0.0521 e. The van der Waals surface area contributed by atoms with Crippen LogP contribution in [0, 0.1) is 12.8 Å². The molecular formula is C15H23BrN2.